The fourth-order valence-electron chi connectivity index (χ4n) is 2.69. The second-order valence-electron chi connectivity index (χ2n) is 5.47. The van der Waals surface area contributed by atoms with E-state index in [4.69, 9.17) is 4.74 Å². The van der Waals surface area contributed by atoms with Gasteiger partial charge in [-0.1, -0.05) is 32.4 Å². The van der Waals surface area contributed by atoms with Crippen LogP contribution in [-0.2, 0) is 6.42 Å². The molecule has 0 aromatic heterocycles. The van der Waals surface area contributed by atoms with Crippen molar-refractivity contribution < 1.29 is 4.74 Å². The van der Waals surface area contributed by atoms with Crippen LogP contribution in [0.2, 0.25) is 0 Å². The number of rotatable bonds is 6. The third-order valence-corrected chi connectivity index (χ3v) is 3.80. The van der Waals surface area contributed by atoms with E-state index in [9.17, 15) is 0 Å². The monoisotopic (exact) mass is 261 g/mol. The molecule has 1 aromatic rings. The lowest BCUT2D eigenvalue weighted by molar-refractivity contribution is 0.315. The number of benzene rings is 1. The van der Waals surface area contributed by atoms with Crippen molar-refractivity contribution in [2.75, 3.05) is 13.2 Å². The van der Waals surface area contributed by atoms with Crippen molar-refractivity contribution >= 4 is 0 Å². The fraction of sp³-hybridized carbons (Fsp3) is 0.647. The number of ether oxygens (including phenoxy) is 1. The quantitative estimate of drug-likeness (QED) is 0.827. The molecule has 0 bridgehead atoms. The standard InChI is InChI=1S/C17H27NO/c1-3-5-7-14-9-10-17-15(13-14)16(18-11-4-2)8-6-12-19-17/h9-10,13,16,18H,3-8,11-12H2,1-2H3. The minimum atomic E-state index is 0.471. The molecular weight excluding hydrogens is 234 g/mol. The Kier molecular flexibility index (Phi) is 5.71. The lowest BCUT2D eigenvalue weighted by atomic mass is 9.97. The first kappa shape index (κ1) is 14.4. The van der Waals surface area contributed by atoms with E-state index in [-0.39, 0.29) is 0 Å². The summed E-state index contributed by atoms with van der Waals surface area (Å²) in [5.74, 6) is 1.09. The smallest absolute Gasteiger partial charge is 0.124 e. The number of nitrogens with one attached hydrogen (secondary N) is 1. The van der Waals surface area contributed by atoms with Crippen LogP contribution in [0.25, 0.3) is 0 Å². The first-order valence-electron chi connectivity index (χ1n) is 7.84. The van der Waals surface area contributed by atoms with Crippen molar-refractivity contribution in [2.45, 2.75) is 58.4 Å². The second-order valence-corrected chi connectivity index (χ2v) is 5.47. The first-order chi connectivity index (χ1) is 9.35. The maximum absolute atomic E-state index is 5.88. The highest BCUT2D eigenvalue weighted by molar-refractivity contribution is 5.40. The van der Waals surface area contributed by atoms with E-state index in [1.807, 2.05) is 0 Å². The number of aryl methyl sites for hydroxylation is 1. The van der Waals surface area contributed by atoms with Gasteiger partial charge in [0.15, 0.2) is 0 Å². The summed E-state index contributed by atoms with van der Waals surface area (Å²) < 4.78 is 5.88. The Morgan fingerprint density at radius 3 is 2.95 bits per heavy atom. The Balaban J connectivity index is 2.17. The van der Waals surface area contributed by atoms with Crippen LogP contribution in [0.1, 0.15) is 63.1 Å². The van der Waals surface area contributed by atoms with E-state index < -0.39 is 0 Å². The van der Waals surface area contributed by atoms with Crippen LogP contribution in [0.15, 0.2) is 18.2 Å². The Bertz CT molecular complexity index is 389. The van der Waals surface area contributed by atoms with Gasteiger partial charge in [0.1, 0.15) is 5.75 Å². The molecule has 1 heterocycles. The molecule has 1 aliphatic rings. The van der Waals surface area contributed by atoms with E-state index in [2.05, 4.69) is 37.4 Å². The minimum absolute atomic E-state index is 0.471. The van der Waals surface area contributed by atoms with E-state index in [1.54, 1.807) is 0 Å². The van der Waals surface area contributed by atoms with E-state index in [1.165, 1.54) is 43.2 Å². The zero-order valence-electron chi connectivity index (χ0n) is 12.4. The lowest BCUT2D eigenvalue weighted by Crippen LogP contribution is -2.21. The molecule has 0 fully saturated rings. The molecule has 0 aliphatic carbocycles. The summed E-state index contributed by atoms with van der Waals surface area (Å²) >= 11 is 0. The third-order valence-electron chi connectivity index (χ3n) is 3.80. The molecule has 0 spiro atoms. The van der Waals surface area contributed by atoms with Crippen molar-refractivity contribution in [2.24, 2.45) is 0 Å². The molecule has 1 aromatic carbocycles. The number of hydrogen-bond acceptors (Lipinski definition) is 2. The topological polar surface area (TPSA) is 21.3 Å². The van der Waals surface area contributed by atoms with Gasteiger partial charge < -0.3 is 10.1 Å². The second kappa shape index (κ2) is 7.54. The third kappa shape index (κ3) is 3.97. The van der Waals surface area contributed by atoms with Crippen LogP contribution in [0, 0.1) is 0 Å². The van der Waals surface area contributed by atoms with E-state index >= 15 is 0 Å². The lowest BCUT2D eigenvalue weighted by Gasteiger charge is -2.19. The van der Waals surface area contributed by atoms with Crippen molar-refractivity contribution in [3.8, 4) is 5.75 Å². The zero-order valence-corrected chi connectivity index (χ0v) is 12.4. The van der Waals surface area contributed by atoms with Gasteiger partial charge in [-0.3, -0.25) is 0 Å². The van der Waals surface area contributed by atoms with Crippen LogP contribution >= 0.6 is 0 Å². The van der Waals surface area contributed by atoms with Gasteiger partial charge in [-0.25, -0.2) is 0 Å². The Morgan fingerprint density at radius 2 is 2.16 bits per heavy atom. The van der Waals surface area contributed by atoms with Gasteiger partial charge in [-0.05, 0) is 50.3 Å². The van der Waals surface area contributed by atoms with Crippen LogP contribution < -0.4 is 10.1 Å². The predicted molar refractivity (Wildman–Crippen MR) is 80.8 cm³/mol. The molecule has 1 N–H and O–H groups in total. The number of hydrogen-bond donors (Lipinski definition) is 1. The molecule has 106 valence electrons. The van der Waals surface area contributed by atoms with Crippen molar-refractivity contribution in [3.63, 3.8) is 0 Å². The summed E-state index contributed by atoms with van der Waals surface area (Å²) in [5.41, 5.74) is 2.83. The average Bonchev–Trinajstić information content (AvgIpc) is 2.64. The van der Waals surface area contributed by atoms with Crippen LogP contribution in [0.5, 0.6) is 5.75 Å². The summed E-state index contributed by atoms with van der Waals surface area (Å²) in [6.45, 7) is 6.41. The Hall–Kier alpha value is -1.02. The van der Waals surface area contributed by atoms with Gasteiger partial charge in [0.2, 0.25) is 0 Å². The summed E-state index contributed by atoms with van der Waals surface area (Å²) in [7, 11) is 0. The minimum Gasteiger partial charge on any atom is -0.493 e. The SMILES string of the molecule is CCCCc1ccc2c(c1)C(NCCC)CCCO2. The first-order valence-corrected chi connectivity index (χ1v) is 7.84. The molecule has 1 atom stereocenters. The van der Waals surface area contributed by atoms with Crippen LogP contribution in [0.4, 0.5) is 0 Å². The van der Waals surface area contributed by atoms with Crippen molar-refractivity contribution in [1.29, 1.82) is 0 Å². The van der Waals surface area contributed by atoms with Gasteiger partial charge in [0, 0.05) is 11.6 Å². The molecule has 2 rings (SSSR count). The highest BCUT2D eigenvalue weighted by atomic mass is 16.5. The van der Waals surface area contributed by atoms with Gasteiger partial charge in [-0.15, -0.1) is 0 Å². The molecule has 0 saturated heterocycles. The van der Waals surface area contributed by atoms with Crippen molar-refractivity contribution in [3.05, 3.63) is 29.3 Å². The number of fused-ring (bicyclic) bond motifs is 1. The van der Waals surface area contributed by atoms with Gasteiger partial charge in [0.05, 0.1) is 6.61 Å². The maximum Gasteiger partial charge on any atom is 0.124 e. The van der Waals surface area contributed by atoms with Crippen molar-refractivity contribution in [1.82, 2.24) is 5.32 Å². The largest absolute Gasteiger partial charge is 0.493 e. The molecule has 0 saturated carbocycles. The molecular formula is C17H27NO. The summed E-state index contributed by atoms with van der Waals surface area (Å²) in [4.78, 5) is 0. The van der Waals surface area contributed by atoms with Crippen LogP contribution in [-0.4, -0.2) is 13.2 Å². The van der Waals surface area contributed by atoms with Gasteiger partial charge >= 0.3 is 0 Å². The molecule has 2 heteroatoms. The summed E-state index contributed by atoms with van der Waals surface area (Å²) in [5, 5.41) is 3.67. The molecule has 1 aliphatic heterocycles. The van der Waals surface area contributed by atoms with Gasteiger partial charge in [0.25, 0.3) is 0 Å². The highest BCUT2D eigenvalue weighted by Gasteiger charge is 2.19. The number of unbranched alkanes of at least 4 members (excludes halogenated alkanes) is 1. The summed E-state index contributed by atoms with van der Waals surface area (Å²) in [6.07, 6.45) is 7.22. The van der Waals surface area contributed by atoms with Crippen LogP contribution in [0.3, 0.4) is 0 Å². The molecule has 1 unspecified atom stereocenters. The normalized spacial score (nSPS) is 18.5. The molecule has 0 amide bonds. The van der Waals surface area contributed by atoms with E-state index in [0.717, 1.165) is 25.3 Å². The summed E-state index contributed by atoms with van der Waals surface area (Å²) in [6, 6.07) is 7.24. The fourth-order valence-corrected chi connectivity index (χ4v) is 2.69. The molecule has 19 heavy (non-hydrogen) atoms. The Morgan fingerprint density at radius 1 is 1.26 bits per heavy atom. The highest BCUT2D eigenvalue weighted by Crippen LogP contribution is 2.32. The molecule has 0 radical (unpaired) electrons. The molecule has 2 nitrogen and oxygen atoms in total. The Labute approximate surface area is 117 Å². The van der Waals surface area contributed by atoms with Gasteiger partial charge in [-0.2, -0.15) is 0 Å². The zero-order chi connectivity index (χ0) is 13.5. The maximum atomic E-state index is 5.88. The average molecular weight is 261 g/mol. The predicted octanol–water partition coefficient (Wildman–Crippen LogP) is 4.24. The van der Waals surface area contributed by atoms with E-state index in [0.29, 0.717) is 6.04 Å².